The van der Waals surface area contributed by atoms with Crippen molar-refractivity contribution in [1.29, 1.82) is 0 Å². The van der Waals surface area contributed by atoms with E-state index in [2.05, 4.69) is 0 Å². The zero-order chi connectivity index (χ0) is 10.8. The molecule has 1 aromatic carbocycles. The second-order valence-electron chi connectivity index (χ2n) is 3.50. The summed E-state index contributed by atoms with van der Waals surface area (Å²) >= 11 is 5.34. The molecule has 0 saturated heterocycles. The third kappa shape index (κ3) is 2.05. The van der Waals surface area contributed by atoms with E-state index in [1.807, 2.05) is 18.2 Å². The summed E-state index contributed by atoms with van der Waals surface area (Å²) in [6.45, 7) is 0. The first kappa shape index (κ1) is 10.2. The Bertz CT molecular complexity index is 435. The van der Waals surface area contributed by atoms with Crippen LogP contribution in [0.3, 0.4) is 0 Å². The molecule has 1 aliphatic rings. The Hall–Kier alpha value is -1.28. The van der Waals surface area contributed by atoms with Crippen LogP contribution in [0.2, 0.25) is 0 Å². The van der Waals surface area contributed by atoms with Gasteiger partial charge in [0.25, 0.3) is 0 Å². The van der Waals surface area contributed by atoms with Crippen LogP contribution in [0.1, 0.15) is 17.5 Å². The second-order valence-corrected chi connectivity index (χ2v) is 3.87. The largest absolute Gasteiger partial charge is 0.497 e. The van der Waals surface area contributed by atoms with Crippen molar-refractivity contribution in [3.63, 3.8) is 0 Å². The van der Waals surface area contributed by atoms with Gasteiger partial charge in [-0.25, -0.2) is 0 Å². The molecule has 0 heterocycles. The van der Waals surface area contributed by atoms with Gasteiger partial charge in [-0.05, 0) is 53.3 Å². The van der Waals surface area contributed by atoms with E-state index in [9.17, 15) is 4.79 Å². The van der Waals surface area contributed by atoms with Crippen LogP contribution < -0.4 is 4.74 Å². The Morgan fingerprint density at radius 3 is 2.93 bits per heavy atom. The van der Waals surface area contributed by atoms with Gasteiger partial charge in [-0.1, -0.05) is 6.07 Å². The summed E-state index contributed by atoms with van der Waals surface area (Å²) in [4.78, 5) is 10.8. The van der Waals surface area contributed by atoms with Gasteiger partial charge in [0.15, 0.2) is 0 Å². The van der Waals surface area contributed by atoms with Crippen LogP contribution in [0.25, 0.3) is 5.57 Å². The average molecular weight is 223 g/mol. The maximum absolute atomic E-state index is 10.8. The van der Waals surface area contributed by atoms with Gasteiger partial charge in [0.05, 0.1) is 7.11 Å². The van der Waals surface area contributed by atoms with Crippen molar-refractivity contribution in [3.05, 3.63) is 35.4 Å². The first-order valence-corrected chi connectivity index (χ1v) is 5.16. The van der Waals surface area contributed by atoms with Gasteiger partial charge in [0.1, 0.15) is 5.75 Å². The predicted molar refractivity (Wildman–Crippen MR) is 60.2 cm³/mol. The van der Waals surface area contributed by atoms with Crippen LogP contribution in [0, 0.1) is 0 Å². The highest BCUT2D eigenvalue weighted by Crippen LogP contribution is 2.34. The van der Waals surface area contributed by atoms with Gasteiger partial charge in [-0.3, -0.25) is 4.79 Å². The number of hydrogen-bond donors (Lipinski definition) is 0. The van der Waals surface area contributed by atoms with Crippen molar-refractivity contribution >= 4 is 22.4 Å². The monoisotopic (exact) mass is 222 g/mol. The number of allylic oxidation sites excluding steroid dienone is 2. The Labute approximate surface area is 93.5 Å². The van der Waals surface area contributed by atoms with Crippen molar-refractivity contribution in [2.45, 2.75) is 12.8 Å². The lowest BCUT2D eigenvalue weighted by Crippen LogP contribution is -1.87. The molecular weight excluding hydrogens is 212 g/mol. The first-order valence-electron chi connectivity index (χ1n) is 4.78. The van der Waals surface area contributed by atoms with Crippen LogP contribution in [0.15, 0.2) is 24.3 Å². The summed E-state index contributed by atoms with van der Waals surface area (Å²) in [5.41, 5.74) is 3.36. The van der Waals surface area contributed by atoms with Gasteiger partial charge < -0.3 is 4.74 Å². The number of rotatable bonds is 2. The Morgan fingerprint density at radius 2 is 2.27 bits per heavy atom. The minimum atomic E-state index is -0.409. The fraction of sp³-hybridized carbons (Fsp3) is 0.250. The zero-order valence-corrected chi connectivity index (χ0v) is 9.17. The average Bonchev–Trinajstić information content (AvgIpc) is 2.60. The Morgan fingerprint density at radius 1 is 1.47 bits per heavy atom. The molecular formula is C12H11ClO2. The Kier molecular flexibility index (Phi) is 2.78. The van der Waals surface area contributed by atoms with Crippen molar-refractivity contribution < 1.29 is 9.53 Å². The molecule has 15 heavy (non-hydrogen) atoms. The molecule has 0 spiro atoms. The van der Waals surface area contributed by atoms with E-state index < -0.39 is 5.24 Å². The van der Waals surface area contributed by atoms with E-state index in [0.29, 0.717) is 0 Å². The lowest BCUT2D eigenvalue weighted by atomic mass is 10.1. The number of halogens is 1. The van der Waals surface area contributed by atoms with Crippen molar-refractivity contribution in [2.75, 3.05) is 7.11 Å². The molecule has 2 nitrogen and oxygen atoms in total. The molecule has 0 unspecified atom stereocenters. The van der Waals surface area contributed by atoms with Crippen LogP contribution >= 0.6 is 11.6 Å². The zero-order valence-electron chi connectivity index (χ0n) is 8.42. The summed E-state index contributed by atoms with van der Waals surface area (Å²) in [5, 5.41) is -0.409. The van der Waals surface area contributed by atoms with Crippen LogP contribution in [0.5, 0.6) is 5.75 Å². The third-order valence-corrected chi connectivity index (χ3v) is 2.72. The number of fused-ring (bicyclic) bond motifs is 1. The highest BCUT2D eigenvalue weighted by molar-refractivity contribution is 6.67. The first-order chi connectivity index (χ1) is 7.20. The molecule has 1 aliphatic carbocycles. The molecule has 0 aliphatic heterocycles. The molecule has 2 rings (SSSR count). The molecule has 0 aromatic heterocycles. The summed E-state index contributed by atoms with van der Waals surface area (Å²) in [5.74, 6) is 0.854. The van der Waals surface area contributed by atoms with Gasteiger partial charge in [-0.15, -0.1) is 0 Å². The minimum absolute atomic E-state index is 0.409. The summed E-state index contributed by atoms with van der Waals surface area (Å²) < 4.78 is 5.14. The maximum atomic E-state index is 10.8. The van der Waals surface area contributed by atoms with E-state index in [-0.39, 0.29) is 0 Å². The highest BCUT2D eigenvalue weighted by atomic mass is 35.5. The molecule has 0 N–H and O–H groups in total. The number of carbonyl (C=O) groups is 1. The number of benzene rings is 1. The van der Waals surface area contributed by atoms with E-state index in [4.69, 9.17) is 16.3 Å². The highest BCUT2D eigenvalue weighted by Gasteiger charge is 2.17. The normalized spacial score (nSPS) is 16.5. The summed E-state index contributed by atoms with van der Waals surface area (Å²) in [6, 6.07) is 5.89. The molecule has 0 bridgehead atoms. The Balaban J connectivity index is 2.40. The number of hydrogen-bond acceptors (Lipinski definition) is 2. The number of carbonyl (C=O) groups excluding carboxylic acids is 1. The molecule has 0 amide bonds. The van der Waals surface area contributed by atoms with E-state index in [0.717, 1.165) is 29.7 Å². The molecule has 3 heteroatoms. The van der Waals surface area contributed by atoms with Gasteiger partial charge >= 0.3 is 0 Å². The van der Waals surface area contributed by atoms with Gasteiger partial charge in [0.2, 0.25) is 5.24 Å². The third-order valence-electron chi connectivity index (χ3n) is 2.61. The lowest BCUT2D eigenvalue weighted by molar-refractivity contribution is -0.107. The second kappa shape index (κ2) is 4.07. The SMILES string of the molecule is COc1ccc2c(c1)CC/C2=C\C(=O)Cl. The lowest BCUT2D eigenvalue weighted by Gasteiger charge is -2.03. The predicted octanol–water partition coefficient (Wildman–Crippen LogP) is 2.79. The van der Waals surface area contributed by atoms with Crippen molar-refractivity contribution in [3.8, 4) is 5.75 Å². The summed E-state index contributed by atoms with van der Waals surface area (Å²) in [6.07, 6.45) is 3.32. The summed E-state index contributed by atoms with van der Waals surface area (Å²) in [7, 11) is 1.65. The number of aryl methyl sites for hydroxylation is 1. The number of ether oxygens (including phenoxy) is 1. The van der Waals surface area contributed by atoms with Crippen molar-refractivity contribution in [2.24, 2.45) is 0 Å². The molecule has 0 atom stereocenters. The van der Waals surface area contributed by atoms with Crippen LogP contribution in [-0.4, -0.2) is 12.4 Å². The smallest absolute Gasteiger partial charge is 0.245 e. The molecule has 1 aromatic rings. The maximum Gasteiger partial charge on any atom is 0.245 e. The molecule has 0 radical (unpaired) electrons. The van der Waals surface area contributed by atoms with Crippen LogP contribution in [0.4, 0.5) is 0 Å². The molecule has 0 fully saturated rings. The van der Waals surface area contributed by atoms with E-state index in [1.165, 1.54) is 11.6 Å². The minimum Gasteiger partial charge on any atom is -0.497 e. The van der Waals surface area contributed by atoms with E-state index >= 15 is 0 Å². The fourth-order valence-electron chi connectivity index (χ4n) is 1.91. The van der Waals surface area contributed by atoms with Crippen molar-refractivity contribution in [1.82, 2.24) is 0 Å². The number of methoxy groups -OCH3 is 1. The van der Waals surface area contributed by atoms with Gasteiger partial charge in [0, 0.05) is 6.08 Å². The fourth-order valence-corrected chi connectivity index (χ4v) is 2.04. The molecule has 0 saturated carbocycles. The van der Waals surface area contributed by atoms with Gasteiger partial charge in [-0.2, -0.15) is 0 Å². The van der Waals surface area contributed by atoms with Crippen LogP contribution in [-0.2, 0) is 11.2 Å². The topological polar surface area (TPSA) is 26.3 Å². The standard InChI is InChI=1S/C12H11ClO2/c1-15-10-4-5-11-8(6-10)2-3-9(11)7-12(13)14/h4-7H,2-3H2,1H3/b9-7+. The van der Waals surface area contributed by atoms with E-state index in [1.54, 1.807) is 7.11 Å². The quantitative estimate of drug-likeness (QED) is 0.568. The molecule has 78 valence electrons.